The summed E-state index contributed by atoms with van der Waals surface area (Å²) in [5, 5.41) is 0. The largest absolute Gasteiger partial charge is 0.492 e. The standard InChI is InChI=1S/C19H22O4/c1-4-15-12(2)5-8-17(15)23-14-6-7-16-13(9-19(20)21-3)11-22-18(16)10-14/h4,6-7,10,13,17H,1,5,8-9,11H2,2-3H3. The number of ether oxygens (including phenoxy) is 3. The van der Waals surface area contributed by atoms with Gasteiger partial charge < -0.3 is 14.2 Å². The van der Waals surface area contributed by atoms with Gasteiger partial charge in [-0.1, -0.05) is 24.3 Å². The Kier molecular flexibility index (Phi) is 4.42. The molecule has 1 heterocycles. The van der Waals surface area contributed by atoms with Crippen LogP contribution in [0.2, 0.25) is 0 Å². The molecule has 2 aliphatic rings. The summed E-state index contributed by atoms with van der Waals surface area (Å²) in [6.07, 6.45) is 4.33. The SMILES string of the molecule is C=CC1=C(C)CCC1Oc1ccc2c(c1)OCC2CC(=O)OC. The van der Waals surface area contributed by atoms with Crippen LogP contribution >= 0.6 is 0 Å². The molecule has 0 N–H and O–H groups in total. The molecule has 2 atom stereocenters. The molecule has 1 aromatic carbocycles. The highest BCUT2D eigenvalue weighted by molar-refractivity contribution is 5.71. The van der Waals surface area contributed by atoms with Crippen LogP contribution in [0.1, 0.15) is 37.7 Å². The summed E-state index contributed by atoms with van der Waals surface area (Å²) >= 11 is 0. The number of fused-ring (bicyclic) bond motifs is 1. The number of benzene rings is 1. The number of methoxy groups -OCH3 is 1. The monoisotopic (exact) mass is 314 g/mol. The smallest absolute Gasteiger partial charge is 0.306 e. The summed E-state index contributed by atoms with van der Waals surface area (Å²) in [7, 11) is 1.41. The molecule has 0 amide bonds. The Labute approximate surface area is 136 Å². The lowest BCUT2D eigenvalue weighted by atomic mass is 9.98. The fourth-order valence-electron chi connectivity index (χ4n) is 3.30. The topological polar surface area (TPSA) is 44.8 Å². The van der Waals surface area contributed by atoms with E-state index in [1.54, 1.807) is 0 Å². The summed E-state index contributed by atoms with van der Waals surface area (Å²) in [5.41, 5.74) is 3.58. The fourth-order valence-corrected chi connectivity index (χ4v) is 3.30. The van der Waals surface area contributed by atoms with Crippen LogP contribution < -0.4 is 9.47 Å². The van der Waals surface area contributed by atoms with Crippen molar-refractivity contribution in [2.45, 2.75) is 38.2 Å². The molecule has 0 aromatic heterocycles. The van der Waals surface area contributed by atoms with Crippen molar-refractivity contribution in [1.29, 1.82) is 0 Å². The zero-order chi connectivity index (χ0) is 16.4. The van der Waals surface area contributed by atoms with Gasteiger partial charge in [0.25, 0.3) is 0 Å². The number of allylic oxidation sites excluding steroid dienone is 1. The molecule has 0 bridgehead atoms. The second kappa shape index (κ2) is 6.49. The molecule has 1 aliphatic heterocycles. The maximum atomic E-state index is 11.5. The summed E-state index contributed by atoms with van der Waals surface area (Å²) in [4.78, 5) is 11.5. The summed E-state index contributed by atoms with van der Waals surface area (Å²) in [5.74, 6) is 1.44. The molecule has 1 aromatic rings. The lowest BCUT2D eigenvalue weighted by Crippen LogP contribution is -2.14. The highest BCUT2D eigenvalue weighted by Crippen LogP contribution is 2.39. The first-order valence-corrected chi connectivity index (χ1v) is 7.94. The number of rotatable bonds is 5. The van der Waals surface area contributed by atoms with Crippen molar-refractivity contribution >= 4 is 5.97 Å². The third kappa shape index (κ3) is 3.11. The van der Waals surface area contributed by atoms with Crippen LogP contribution in [0.4, 0.5) is 0 Å². The van der Waals surface area contributed by atoms with Gasteiger partial charge >= 0.3 is 5.97 Å². The Morgan fingerprint density at radius 2 is 2.30 bits per heavy atom. The lowest BCUT2D eigenvalue weighted by Gasteiger charge is -2.16. The third-order valence-corrected chi connectivity index (χ3v) is 4.63. The molecule has 0 fully saturated rings. The molecule has 1 aliphatic carbocycles. The number of carbonyl (C=O) groups is 1. The van der Waals surface area contributed by atoms with Crippen LogP contribution in [-0.4, -0.2) is 25.8 Å². The van der Waals surface area contributed by atoms with Gasteiger partial charge in [-0.15, -0.1) is 0 Å². The van der Waals surface area contributed by atoms with Gasteiger partial charge in [0, 0.05) is 17.5 Å². The second-order valence-corrected chi connectivity index (χ2v) is 6.07. The first kappa shape index (κ1) is 15.7. The Morgan fingerprint density at radius 1 is 1.48 bits per heavy atom. The van der Waals surface area contributed by atoms with Crippen molar-refractivity contribution in [3.63, 3.8) is 0 Å². The summed E-state index contributed by atoms with van der Waals surface area (Å²) < 4.78 is 16.6. The van der Waals surface area contributed by atoms with Crippen LogP contribution in [0.3, 0.4) is 0 Å². The van der Waals surface area contributed by atoms with Crippen LogP contribution in [0, 0.1) is 0 Å². The average Bonchev–Trinajstić information content (AvgIpc) is 3.10. The van der Waals surface area contributed by atoms with Crippen LogP contribution in [0.5, 0.6) is 11.5 Å². The van der Waals surface area contributed by atoms with Crippen molar-refractivity contribution in [3.05, 3.63) is 47.6 Å². The maximum absolute atomic E-state index is 11.5. The molecule has 3 rings (SSSR count). The van der Waals surface area contributed by atoms with Crippen molar-refractivity contribution in [3.8, 4) is 11.5 Å². The molecule has 0 saturated heterocycles. The molecular weight excluding hydrogens is 292 g/mol. The number of carbonyl (C=O) groups excluding carboxylic acids is 1. The minimum Gasteiger partial charge on any atom is -0.492 e. The van der Waals surface area contributed by atoms with Crippen molar-refractivity contribution < 1.29 is 19.0 Å². The minimum absolute atomic E-state index is 0.0591. The molecule has 4 nitrogen and oxygen atoms in total. The minimum atomic E-state index is -0.214. The molecule has 0 spiro atoms. The zero-order valence-corrected chi connectivity index (χ0v) is 13.6. The van der Waals surface area contributed by atoms with Crippen LogP contribution in [0.25, 0.3) is 0 Å². The van der Waals surface area contributed by atoms with Gasteiger partial charge in [-0.3, -0.25) is 4.79 Å². The van der Waals surface area contributed by atoms with E-state index >= 15 is 0 Å². The average molecular weight is 314 g/mol. The van der Waals surface area contributed by atoms with E-state index < -0.39 is 0 Å². The van der Waals surface area contributed by atoms with Crippen molar-refractivity contribution in [2.75, 3.05) is 13.7 Å². The van der Waals surface area contributed by atoms with Gasteiger partial charge in [-0.2, -0.15) is 0 Å². The van der Waals surface area contributed by atoms with E-state index in [1.807, 2.05) is 24.3 Å². The van der Waals surface area contributed by atoms with Gasteiger partial charge in [0.05, 0.1) is 20.1 Å². The first-order chi connectivity index (χ1) is 11.1. The number of esters is 1. The van der Waals surface area contributed by atoms with Gasteiger partial charge in [0.1, 0.15) is 17.6 Å². The number of hydrogen-bond acceptors (Lipinski definition) is 4. The Balaban J connectivity index is 1.73. The van der Waals surface area contributed by atoms with Crippen LogP contribution in [-0.2, 0) is 9.53 Å². The molecule has 2 unspecified atom stereocenters. The molecular formula is C19H22O4. The maximum Gasteiger partial charge on any atom is 0.306 e. The van der Waals surface area contributed by atoms with Gasteiger partial charge in [-0.25, -0.2) is 0 Å². The third-order valence-electron chi connectivity index (χ3n) is 4.63. The fraction of sp³-hybridized carbons (Fsp3) is 0.421. The van der Waals surface area contributed by atoms with Crippen molar-refractivity contribution in [2.24, 2.45) is 0 Å². The zero-order valence-electron chi connectivity index (χ0n) is 13.6. The van der Waals surface area contributed by atoms with E-state index in [2.05, 4.69) is 13.5 Å². The van der Waals surface area contributed by atoms with Crippen molar-refractivity contribution in [1.82, 2.24) is 0 Å². The van der Waals surface area contributed by atoms with E-state index in [9.17, 15) is 4.79 Å². The highest BCUT2D eigenvalue weighted by atomic mass is 16.5. The van der Waals surface area contributed by atoms with E-state index in [4.69, 9.17) is 14.2 Å². The Hall–Kier alpha value is -2.23. The lowest BCUT2D eigenvalue weighted by molar-refractivity contribution is -0.141. The molecule has 0 radical (unpaired) electrons. The second-order valence-electron chi connectivity index (χ2n) is 6.07. The van der Waals surface area contributed by atoms with E-state index in [1.165, 1.54) is 18.3 Å². The van der Waals surface area contributed by atoms with Gasteiger partial charge in [-0.05, 0) is 31.4 Å². The van der Waals surface area contributed by atoms with E-state index in [0.717, 1.165) is 29.9 Å². The number of hydrogen-bond donors (Lipinski definition) is 0. The molecule has 122 valence electrons. The van der Waals surface area contributed by atoms with Gasteiger partial charge in [0.2, 0.25) is 0 Å². The van der Waals surface area contributed by atoms with E-state index in [0.29, 0.717) is 13.0 Å². The molecule has 4 heteroatoms. The molecule has 23 heavy (non-hydrogen) atoms. The predicted molar refractivity (Wildman–Crippen MR) is 87.9 cm³/mol. The highest BCUT2D eigenvalue weighted by Gasteiger charge is 2.28. The summed E-state index contributed by atoms with van der Waals surface area (Å²) in [6, 6.07) is 5.86. The molecule has 0 saturated carbocycles. The first-order valence-electron chi connectivity index (χ1n) is 7.94. The Bertz CT molecular complexity index is 659. The quantitative estimate of drug-likeness (QED) is 0.776. The van der Waals surface area contributed by atoms with Crippen LogP contribution in [0.15, 0.2) is 42.0 Å². The van der Waals surface area contributed by atoms with E-state index in [-0.39, 0.29) is 18.0 Å². The predicted octanol–water partition coefficient (Wildman–Crippen LogP) is 3.77. The normalized spacial score (nSPS) is 22.5. The van der Waals surface area contributed by atoms with Gasteiger partial charge in [0.15, 0.2) is 0 Å². The Morgan fingerprint density at radius 3 is 3.04 bits per heavy atom. The summed E-state index contributed by atoms with van der Waals surface area (Å²) in [6.45, 7) is 6.52.